The van der Waals surface area contributed by atoms with Crippen molar-refractivity contribution in [2.75, 3.05) is 5.73 Å². The monoisotopic (exact) mass is 267 g/mol. The molecule has 0 saturated carbocycles. The molecule has 100 valence electrons. The molecule has 0 aliphatic rings. The number of halogens is 2. The number of anilines is 1. The minimum atomic E-state index is -1.15. The van der Waals surface area contributed by atoms with Gasteiger partial charge in [-0.1, -0.05) is 0 Å². The smallest absolute Gasteiger partial charge is 0.340 e. The Bertz CT molecular complexity index is 625. The van der Waals surface area contributed by atoms with Crippen molar-refractivity contribution in [2.24, 2.45) is 7.05 Å². The summed E-state index contributed by atoms with van der Waals surface area (Å²) in [6, 6.07) is 3.12. The van der Waals surface area contributed by atoms with Gasteiger partial charge in [0, 0.05) is 25.0 Å². The van der Waals surface area contributed by atoms with Crippen LogP contribution in [0.1, 0.15) is 16.1 Å². The van der Waals surface area contributed by atoms with Crippen LogP contribution in [0.25, 0.3) is 0 Å². The van der Waals surface area contributed by atoms with Gasteiger partial charge in [-0.3, -0.25) is 4.68 Å². The first-order valence-corrected chi connectivity index (χ1v) is 5.37. The van der Waals surface area contributed by atoms with Gasteiger partial charge < -0.3 is 10.5 Å². The van der Waals surface area contributed by atoms with E-state index in [9.17, 15) is 13.6 Å². The average molecular weight is 267 g/mol. The van der Waals surface area contributed by atoms with Gasteiger partial charge in [0.2, 0.25) is 0 Å². The molecule has 2 rings (SSSR count). The van der Waals surface area contributed by atoms with Crippen molar-refractivity contribution in [1.29, 1.82) is 0 Å². The third-order valence-corrected chi connectivity index (χ3v) is 2.43. The number of hydrogen-bond acceptors (Lipinski definition) is 4. The zero-order valence-corrected chi connectivity index (χ0v) is 10.1. The summed E-state index contributed by atoms with van der Waals surface area (Å²) in [6.45, 7) is -0.0713. The molecule has 0 bridgehead atoms. The van der Waals surface area contributed by atoms with E-state index in [1.165, 1.54) is 0 Å². The van der Waals surface area contributed by atoms with Crippen LogP contribution in [0.4, 0.5) is 14.5 Å². The third-order valence-electron chi connectivity index (χ3n) is 2.43. The highest BCUT2D eigenvalue weighted by atomic mass is 19.2. The number of rotatable bonds is 3. The highest BCUT2D eigenvalue weighted by Gasteiger charge is 2.16. The maximum atomic E-state index is 13.0. The number of aromatic nitrogens is 2. The quantitative estimate of drug-likeness (QED) is 0.678. The van der Waals surface area contributed by atoms with Gasteiger partial charge in [-0.15, -0.1) is 0 Å². The van der Waals surface area contributed by atoms with E-state index < -0.39 is 17.6 Å². The Morgan fingerprint density at radius 3 is 2.74 bits per heavy atom. The van der Waals surface area contributed by atoms with Crippen molar-refractivity contribution in [3.8, 4) is 0 Å². The van der Waals surface area contributed by atoms with Crippen molar-refractivity contribution in [3.05, 3.63) is 47.3 Å². The van der Waals surface area contributed by atoms with Crippen molar-refractivity contribution in [2.45, 2.75) is 6.61 Å². The van der Waals surface area contributed by atoms with E-state index in [1.54, 1.807) is 24.0 Å². The fourth-order valence-electron chi connectivity index (χ4n) is 1.50. The molecule has 0 unspecified atom stereocenters. The number of carbonyl (C=O) groups is 1. The number of benzene rings is 1. The second-order valence-corrected chi connectivity index (χ2v) is 3.91. The van der Waals surface area contributed by atoms with Crippen LogP contribution in [0.2, 0.25) is 0 Å². The largest absolute Gasteiger partial charge is 0.455 e. The van der Waals surface area contributed by atoms with Crippen molar-refractivity contribution in [3.63, 3.8) is 0 Å². The van der Waals surface area contributed by atoms with Gasteiger partial charge in [0.05, 0.1) is 11.3 Å². The predicted molar refractivity (Wildman–Crippen MR) is 63.1 cm³/mol. The molecule has 2 aromatic rings. The van der Waals surface area contributed by atoms with Gasteiger partial charge in [-0.05, 0) is 12.1 Å². The van der Waals surface area contributed by atoms with Gasteiger partial charge in [-0.25, -0.2) is 13.6 Å². The molecule has 0 atom stereocenters. The summed E-state index contributed by atoms with van der Waals surface area (Å²) in [5.41, 5.74) is 5.59. The first-order chi connectivity index (χ1) is 8.97. The molecule has 19 heavy (non-hydrogen) atoms. The molecule has 5 nitrogen and oxygen atoms in total. The predicted octanol–water partition coefficient (Wildman–Crippen LogP) is 1.64. The molecule has 0 aliphatic heterocycles. The van der Waals surface area contributed by atoms with Gasteiger partial charge in [0.15, 0.2) is 11.6 Å². The highest BCUT2D eigenvalue weighted by Crippen LogP contribution is 2.18. The minimum absolute atomic E-state index is 0.0713. The normalized spacial score (nSPS) is 10.5. The van der Waals surface area contributed by atoms with E-state index in [4.69, 9.17) is 10.5 Å². The van der Waals surface area contributed by atoms with Crippen LogP contribution >= 0.6 is 0 Å². The lowest BCUT2D eigenvalue weighted by Gasteiger charge is -2.06. The standard InChI is InChI=1S/C12H11F2N3O2/c1-17-3-2-7(16-17)6-19-12(18)8-4-9(13)10(14)5-11(8)15/h2-5H,6,15H2,1H3. The summed E-state index contributed by atoms with van der Waals surface area (Å²) in [5, 5.41) is 4.00. The SMILES string of the molecule is Cn1ccc(COC(=O)c2cc(F)c(F)cc2N)n1. The van der Waals surface area contributed by atoms with Crippen LogP contribution in [0, 0.1) is 11.6 Å². The maximum absolute atomic E-state index is 13.0. The number of nitrogen functional groups attached to an aromatic ring is 1. The molecule has 7 heteroatoms. The van der Waals surface area contributed by atoms with Gasteiger partial charge in [0.25, 0.3) is 0 Å². The van der Waals surface area contributed by atoms with Crippen LogP contribution in [0.3, 0.4) is 0 Å². The minimum Gasteiger partial charge on any atom is -0.455 e. The number of hydrogen-bond donors (Lipinski definition) is 1. The van der Waals surface area contributed by atoms with Gasteiger partial charge >= 0.3 is 5.97 Å². The number of esters is 1. The van der Waals surface area contributed by atoms with E-state index in [0.29, 0.717) is 11.8 Å². The van der Waals surface area contributed by atoms with Crippen LogP contribution < -0.4 is 5.73 Å². The van der Waals surface area contributed by atoms with E-state index in [1.807, 2.05) is 0 Å². The fraction of sp³-hybridized carbons (Fsp3) is 0.167. The first kappa shape index (κ1) is 13.0. The first-order valence-electron chi connectivity index (χ1n) is 5.37. The second-order valence-electron chi connectivity index (χ2n) is 3.91. The number of ether oxygens (including phenoxy) is 1. The third kappa shape index (κ3) is 2.87. The number of nitrogens with two attached hydrogens (primary N) is 1. The lowest BCUT2D eigenvalue weighted by Crippen LogP contribution is -2.10. The summed E-state index contributed by atoms with van der Waals surface area (Å²) < 4.78 is 32.4. The van der Waals surface area contributed by atoms with Crippen LogP contribution in [-0.2, 0) is 18.4 Å². The Hall–Kier alpha value is -2.44. The van der Waals surface area contributed by atoms with Gasteiger partial charge in [-0.2, -0.15) is 5.10 Å². The molecule has 0 spiro atoms. The molecule has 1 aromatic heterocycles. The molecule has 0 saturated heterocycles. The second kappa shape index (κ2) is 5.05. The van der Waals surface area contributed by atoms with E-state index in [2.05, 4.69) is 5.10 Å². The molecule has 0 amide bonds. The Morgan fingerprint density at radius 2 is 2.11 bits per heavy atom. The van der Waals surface area contributed by atoms with Crippen LogP contribution in [-0.4, -0.2) is 15.7 Å². The summed E-state index contributed by atoms with van der Waals surface area (Å²) in [7, 11) is 1.72. The topological polar surface area (TPSA) is 70.1 Å². The van der Waals surface area contributed by atoms with E-state index in [0.717, 1.165) is 6.07 Å². The summed E-state index contributed by atoms with van der Waals surface area (Å²) in [5.74, 6) is -3.10. The number of carbonyl (C=O) groups excluding carboxylic acids is 1. The van der Waals surface area contributed by atoms with Gasteiger partial charge in [0.1, 0.15) is 6.61 Å². The zero-order valence-electron chi connectivity index (χ0n) is 10.1. The highest BCUT2D eigenvalue weighted by molar-refractivity contribution is 5.95. The molecular formula is C12H11F2N3O2. The van der Waals surface area contributed by atoms with Crippen LogP contribution in [0.5, 0.6) is 0 Å². The molecule has 0 fully saturated rings. The van der Waals surface area contributed by atoms with Crippen LogP contribution in [0.15, 0.2) is 24.4 Å². The zero-order chi connectivity index (χ0) is 14.0. The lowest BCUT2D eigenvalue weighted by atomic mass is 10.1. The Labute approximate surface area is 107 Å². The molecule has 1 heterocycles. The molecule has 0 radical (unpaired) electrons. The summed E-state index contributed by atoms with van der Waals surface area (Å²) in [6.07, 6.45) is 1.69. The maximum Gasteiger partial charge on any atom is 0.340 e. The summed E-state index contributed by atoms with van der Waals surface area (Å²) >= 11 is 0. The van der Waals surface area contributed by atoms with E-state index in [-0.39, 0.29) is 17.9 Å². The average Bonchev–Trinajstić information content (AvgIpc) is 2.77. The Kier molecular flexibility index (Phi) is 3.46. The fourth-order valence-corrected chi connectivity index (χ4v) is 1.50. The van der Waals surface area contributed by atoms with E-state index >= 15 is 0 Å². The Balaban J connectivity index is 2.10. The van der Waals surface area contributed by atoms with Crippen molar-refractivity contribution < 1.29 is 18.3 Å². The number of nitrogens with zero attached hydrogens (tertiary/aromatic N) is 2. The van der Waals surface area contributed by atoms with Crippen molar-refractivity contribution >= 4 is 11.7 Å². The molecule has 1 aromatic carbocycles. The number of aryl methyl sites for hydroxylation is 1. The molecule has 2 N–H and O–H groups in total. The summed E-state index contributed by atoms with van der Waals surface area (Å²) in [4.78, 5) is 11.7. The van der Waals surface area contributed by atoms with Crippen molar-refractivity contribution in [1.82, 2.24) is 9.78 Å². The molecular weight excluding hydrogens is 256 g/mol. The molecule has 0 aliphatic carbocycles. The Morgan fingerprint density at radius 1 is 1.42 bits per heavy atom. The lowest BCUT2D eigenvalue weighted by molar-refractivity contribution is 0.0467.